The largest absolute Gasteiger partial charge is 0.492 e. The van der Waals surface area contributed by atoms with Gasteiger partial charge in [-0.2, -0.15) is 5.26 Å². The molecule has 1 atom stereocenters. The lowest BCUT2D eigenvalue weighted by Crippen LogP contribution is -2.45. The van der Waals surface area contributed by atoms with E-state index in [1.807, 2.05) is 0 Å². The number of hydrogen-bond donors (Lipinski definition) is 2. The van der Waals surface area contributed by atoms with Crippen molar-refractivity contribution in [2.45, 2.75) is 58.6 Å². The van der Waals surface area contributed by atoms with Crippen molar-refractivity contribution in [1.82, 2.24) is 5.32 Å². The number of anilines is 1. The van der Waals surface area contributed by atoms with Crippen LogP contribution in [0, 0.1) is 17.2 Å². The Hall–Kier alpha value is -3.73. The number of carbonyl (C=O) groups excluding carboxylic acids is 2. The second-order valence-corrected chi connectivity index (χ2v) is 9.25. The molecule has 0 heterocycles. The minimum absolute atomic E-state index is 0.341. The Morgan fingerprint density at radius 1 is 1.12 bits per heavy atom. The van der Waals surface area contributed by atoms with E-state index in [1.165, 1.54) is 0 Å². The van der Waals surface area contributed by atoms with Crippen molar-refractivity contribution in [3.63, 3.8) is 0 Å². The number of amides is 2. The lowest BCUT2D eigenvalue weighted by atomic mass is 10.2. The highest BCUT2D eigenvalue weighted by molar-refractivity contribution is 5.96. The lowest BCUT2D eigenvalue weighted by Gasteiger charge is -2.22. The molecule has 0 spiro atoms. The molecule has 34 heavy (non-hydrogen) atoms. The molecule has 0 aromatic heterocycles. The van der Waals surface area contributed by atoms with E-state index in [0.29, 0.717) is 47.4 Å². The summed E-state index contributed by atoms with van der Waals surface area (Å²) >= 11 is 0. The molecule has 1 aliphatic rings. The Morgan fingerprint density at radius 2 is 1.79 bits per heavy atom. The molecule has 0 bridgehead atoms. The van der Waals surface area contributed by atoms with E-state index in [2.05, 4.69) is 16.7 Å². The van der Waals surface area contributed by atoms with Gasteiger partial charge in [0.25, 0.3) is 0 Å². The summed E-state index contributed by atoms with van der Waals surface area (Å²) in [6.45, 7) is 7.69. The van der Waals surface area contributed by atoms with Crippen molar-refractivity contribution < 1.29 is 23.8 Å². The van der Waals surface area contributed by atoms with Gasteiger partial charge in [-0.1, -0.05) is 6.92 Å². The fourth-order valence-electron chi connectivity index (χ4n) is 3.04. The Labute approximate surface area is 200 Å². The molecule has 180 valence electrons. The number of rotatable bonds is 9. The standard InChI is InChI=1S/C26H31N3O5/c1-5-22(29-25(31)34-26(2,3)4)24(30)28-19-9-12-20(13-10-19)33-21-11-8-18(15-27)23(14-21)32-16-17-6-7-17/h8-14,17,22H,5-7,16H2,1-4H3,(H,28,30)(H,29,31)/t22-/m1/s1. The van der Waals surface area contributed by atoms with E-state index >= 15 is 0 Å². The third-order valence-corrected chi connectivity index (χ3v) is 5.02. The van der Waals surface area contributed by atoms with Crippen LogP contribution >= 0.6 is 0 Å². The first kappa shape index (κ1) is 24.9. The highest BCUT2D eigenvalue weighted by Crippen LogP contribution is 2.33. The van der Waals surface area contributed by atoms with Gasteiger partial charge in [0.1, 0.15) is 35.0 Å². The van der Waals surface area contributed by atoms with Crippen molar-refractivity contribution in [2.75, 3.05) is 11.9 Å². The van der Waals surface area contributed by atoms with Gasteiger partial charge < -0.3 is 24.8 Å². The molecule has 0 unspecified atom stereocenters. The number of hydrogen-bond acceptors (Lipinski definition) is 6. The average Bonchev–Trinajstić information content (AvgIpc) is 3.61. The van der Waals surface area contributed by atoms with Crippen LogP contribution in [0.2, 0.25) is 0 Å². The zero-order valence-corrected chi connectivity index (χ0v) is 20.0. The molecular formula is C26H31N3O5. The number of carbonyl (C=O) groups is 2. The van der Waals surface area contributed by atoms with E-state index in [1.54, 1.807) is 70.2 Å². The highest BCUT2D eigenvalue weighted by atomic mass is 16.6. The Morgan fingerprint density at radius 3 is 2.38 bits per heavy atom. The molecule has 2 amide bonds. The van der Waals surface area contributed by atoms with E-state index in [4.69, 9.17) is 14.2 Å². The minimum atomic E-state index is -0.724. The van der Waals surface area contributed by atoms with E-state index in [9.17, 15) is 14.9 Å². The molecule has 2 N–H and O–H groups in total. The zero-order chi connectivity index (χ0) is 24.7. The van der Waals surface area contributed by atoms with Crippen LogP contribution in [0.4, 0.5) is 10.5 Å². The third kappa shape index (κ3) is 7.69. The van der Waals surface area contributed by atoms with Crippen LogP contribution in [0.1, 0.15) is 52.5 Å². The summed E-state index contributed by atoms with van der Waals surface area (Å²) in [5.74, 6) is 1.86. The number of nitriles is 1. The van der Waals surface area contributed by atoms with Crippen LogP contribution in [0.3, 0.4) is 0 Å². The quantitative estimate of drug-likeness (QED) is 0.514. The molecular weight excluding hydrogens is 434 g/mol. The summed E-state index contributed by atoms with van der Waals surface area (Å²) in [7, 11) is 0. The summed E-state index contributed by atoms with van der Waals surface area (Å²) < 4.78 is 16.9. The van der Waals surface area contributed by atoms with Gasteiger partial charge in [0.2, 0.25) is 5.91 Å². The van der Waals surface area contributed by atoms with Gasteiger partial charge in [-0.3, -0.25) is 4.79 Å². The molecule has 1 aliphatic carbocycles. The van der Waals surface area contributed by atoms with Gasteiger partial charge in [-0.05, 0) is 82.3 Å². The molecule has 8 nitrogen and oxygen atoms in total. The van der Waals surface area contributed by atoms with Crippen molar-refractivity contribution in [3.8, 4) is 23.3 Å². The molecule has 2 aromatic rings. The molecule has 0 aliphatic heterocycles. The lowest BCUT2D eigenvalue weighted by molar-refractivity contribution is -0.118. The average molecular weight is 466 g/mol. The van der Waals surface area contributed by atoms with Crippen molar-refractivity contribution in [3.05, 3.63) is 48.0 Å². The van der Waals surface area contributed by atoms with Crippen molar-refractivity contribution in [1.29, 1.82) is 5.26 Å². The van der Waals surface area contributed by atoms with Gasteiger partial charge in [0.15, 0.2) is 0 Å². The molecule has 8 heteroatoms. The Bertz CT molecular complexity index is 1050. The van der Waals surface area contributed by atoms with Crippen molar-refractivity contribution in [2.24, 2.45) is 5.92 Å². The monoisotopic (exact) mass is 465 g/mol. The maximum Gasteiger partial charge on any atom is 0.408 e. The summed E-state index contributed by atoms with van der Waals surface area (Å²) in [5.41, 5.74) is 0.389. The van der Waals surface area contributed by atoms with Crippen LogP contribution in [0.15, 0.2) is 42.5 Å². The van der Waals surface area contributed by atoms with Crippen LogP contribution in [-0.2, 0) is 9.53 Å². The first-order valence-electron chi connectivity index (χ1n) is 11.4. The molecule has 2 aromatic carbocycles. The number of nitrogens with one attached hydrogen (secondary N) is 2. The predicted molar refractivity (Wildman–Crippen MR) is 128 cm³/mol. The molecule has 0 radical (unpaired) electrons. The van der Waals surface area contributed by atoms with Gasteiger partial charge in [0, 0.05) is 11.8 Å². The number of nitrogens with zero attached hydrogens (tertiary/aromatic N) is 1. The number of benzene rings is 2. The number of alkyl carbamates (subject to hydrolysis) is 1. The van der Waals surface area contributed by atoms with Crippen LogP contribution in [-0.4, -0.2) is 30.3 Å². The van der Waals surface area contributed by atoms with Crippen LogP contribution < -0.4 is 20.1 Å². The van der Waals surface area contributed by atoms with Crippen LogP contribution in [0.25, 0.3) is 0 Å². The molecule has 1 saturated carbocycles. The topological polar surface area (TPSA) is 110 Å². The second-order valence-electron chi connectivity index (χ2n) is 9.25. The normalized spacial score (nSPS) is 13.9. The SMILES string of the molecule is CC[C@@H](NC(=O)OC(C)(C)C)C(=O)Nc1ccc(Oc2ccc(C#N)c(OCC3CC3)c2)cc1. The smallest absolute Gasteiger partial charge is 0.408 e. The first-order chi connectivity index (χ1) is 16.2. The van der Waals surface area contributed by atoms with Gasteiger partial charge in [0.05, 0.1) is 12.2 Å². The molecule has 0 saturated heterocycles. The van der Waals surface area contributed by atoms with Gasteiger partial charge >= 0.3 is 6.09 Å². The summed E-state index contributed by atoms with van der Waals surface area (Å²) in [6.07, 6.45) is 2.10. The Balaban J connectivity index is 1.58. The predicted octanol–water partition coefficient (Wildman–Crippen LogP) is 5.38. The maximum atomic E-state index is 12.6. The van der Waals surface area contributed by atoms with E-state index in [-0.39, 0.29) is 5.91 Å². The first-order valence-corrected chi connectivity index (χ1v) is 11.4. The van der Waals surface area contributed by atoms with Crippen molar-refractivity contribution >= 4 is 17.7 Å². The maximum absolute atomic E-state index is 12.6. The van der Waals surface area contributed by atoms with Gasteiger partial charge in [-0.25, -0.2) is 4.79 Å². The number of ether oxygens (including phenoxy) is 3. The minimum Gasteiger partial charge on any atom is -0.492 e. The van der Waals surface area contributed by atoms with Crippen LogP contribution in [0.5, 0.6) is 17.2 Å². The summed E-state index contributed by atoms with van der Waals surface area (Å²) in [5, 5.41) is 14.7. The Kier molecular flexibility index (Phi) is 8.00. The third-order valence-electron chi connectivity index (χ3n) is 5.02. The highest BCUT2D eigenvalue weighted by Gasteiger charge is 2.24. The molecule has 1 fully saturated rings. The molecule has 3 rings (SSSR count). The fourth-order valence-corrected chi connectivity index (χ4v) is 3.04. The van der Waals surface area contributed by atoms with E-state index < -0.39 is 17.7 Å². The summed E-state index contributed by atoms with van der Waals surface area (Å²) in [6, 6.07) is 13.4. The van der Waals surface area contributed by atoms with Gasteiger partial charge in [-0.15, -0.1) is 0 Å². The second kappa shape index (κ2) is 10.9. The summed E-state index contributed by atoms with van der Waals surface area (Å²) in [4.78, 5) is 24.6. The zero-order valence-electron chi connectivity index (χ0n) is 20.0. The van der Waals surface area contributed by atoms with E-state index in [0.717, 1.165) is 12.8 Å². The fraction of sp³-hybridized carbons (Fsp3) is 0.423.